The molecule has 0 saturated heterocycles. The highest BCUT2D eigenvalue weighted by atomic mass is 32.1. The van der Waals surface area contributed by atoms with Crippen LogP contribution in [0.5, 0.6) is 0 Å². The summed E-state index contributed by atoms with van der Waals surface area (Å²) in [5, 5.41) is 0. The van der Waals surface area contributed by atoms with E-state index in [1.807, 2.05) is 19.1 Å². The summed E-state index contributed by atoms with van der Waals surface area (Å²) in [6, 6.07) is 5.35. The van der Waals surface area contributed by atoms with Crippen molar-refractivity contribution in [1.82, 2.24) is 5.43 Å². The molecule has 1 rings (SSSR count). The van der Waals surface area contributed by atoms with Crippen LogP contribution in [-0.4, -0.2) is 5.91 Å². The zero-order valence-corrected chi connectivity index (χ0v) is 7.56. The number of nitrogens with two attached hydrogens (primary N) is 1. The van der Waals surface area contributed by atoms with Gasteiger partial charge in [-0.2, -0.15) is 0 Å². The maximum atomic E-state index is 11.1. The minimum Gasteiger partial charge on any atom is -0.290 e. The number of nitrogen functional groups attached to an aromatic ring is 1. The van der Waals surface area contributed by atoms with E-state index in [4.69, 9.17) is 5.84 Å². The molecule has 0 heterocycles. The first kappa shape index (κ1) is 9.09. The van der Waals surface area contributed by atoms with E-state index in [1.165, 1.54) is 0 Å². The standard InChI is InChI=1S/C8H10N2OS/c1-5-2-3-6(7(12)4-5)8(11)10-9/h2-4,12H,9H2,1H3,(H,10,11). The lowest BCUT2D eigenvalue weighted by Gasteiger charge is -2.03. The van der Waals surface area contributed by atoms with Gasteiger partial charge in [0.1, 0.15) is 0 Å². The Hall–Kier alpha value is -1.00. The molecule has 0 aliphatic heterocycles. The van der Waals surface area contributed by atoms with Crippen LogP contribution in [0.2, 0.25) is 0 Å². The number of amides is 1. The molecule has 0 unspecified atom stereocenters. The van der Waals surface area contributed by atoms with Crippen LogP contribution < -0.4 is 11.3 Å². The predicted octanol–water partition coefficient (Wildman–Crippen LogP) is 0.887. The Kier molecular flexibility index (Phi) is 2.73. The summed E-state index contributed by atoms with van der Waals surface area (Å²) in [5.41, 5.74) is 3.61. The quantitative estimate of drug-likeness (QED) is 0.261. The molecule has 0 bridgehead atoms. The van der Waals surface area contributed by atoms with Crippen molar-refractivity contribution in [3.05, 3.63) is 29.3 Å². The summed E-state index contributed by atoms with van der Waals surface area (Å²) < 4.78 is 0. The van der Waals surface area contributed by atoms with E-state index in [1.54, 1.807) is 6.07 Å². The van der Waals surface area contributed by atoms with Gasteiger partial charge < -0.3 is 0 Å². The Labute approximate surface area is 76.3 Å². The third-order valence-electron chi connectivity index (χ3n) is 1.53. The Morgan fingerprint density at radius 3 is 2.75 bits per heavy atom. The van der Waals surface area contributed by atoms with Crippen molar-refractivity contribution < 1.29 is 4.79 Å². The Morgan fingerprint density at radius 1 is 1.58 bits per heavy atom. The van der Waals surface area contributed by atoms with Gasteiger partial charge in [-0.05, 0) is 24.6 Å². The molecule has 0 fully saturated rings. The van der Waals surface area contributed by atoms with Crippen molar-refractivity contribution in [3.63, 3.8) is 0 Å². The fourth-order valence-electron chi connectivity index (χ4n) is 0.911. The van der Waals surface area contributed by atoms with Gasteiger partial charge in [-0.25, -0.2) is 5.84 Å². The van der Waals surface area contributed by atoms with Gasteiger partial charge in [0.25, 0.3) is 5.91 Å². The number of nitrogens with one attached hydrogen (secondary N) is 1. The number of hydrazine groups is 1. The molecule has 12 heavy (non-hydrogen) atoms. The molecule has 4 heteroatoms. The lowest BCUT2D eigenvalue weighted by atomic mass is 10.1. The molecule has 0 spiro atoms. The predicted molar refractivity (Wildman–Crippen MR) is 50.1 cm³/mol. The van der Waals surface area contributed by atoms with Crippen LogP contribution in [0.15, 0.2) is 23.1 Å². The first-order valence-corrected chi connectivity index (χ1v) is 3.90. The van der Waals surface area contributed by atoms with Crippen LogP contribution in [0.3, 0.4) is 0 Å². The maximum absolute atomic E-state index is 11.1. The fourth-order valence-corrected chi connectivity index (χ4v) is 1.29. The number of aryl methyl sites for hydroxylation is 1. The molecule has 0 saturated carbocycles. The maximum Gasteiger partial charge on any atom is 0.266 e. The summed E-state index contributed by atoms with van der Waals surface area (Å²) in [6.45, 7) is 1.93. The van der Waals surface area contributed by atoms with Gasteiger partial charge in [0, 0.05) is 4.90 Å². The average Bonchev–Trinajstić information content (AvgIpc) is 2.03. The number of carbonyl (C=O) groups is 1. The lowest BCUT2D eigenvalue weighted by molar-refractivity contribution is 0.0951. The summed E-state index contributed by atoms with van der Waals surface area (Å²) >= 11 is 4.14. The monoisotopic (exact) mass is 182 g/mol. The van der Waals surface area contributed by atoms with Gasteiger partial charge in [0.05, 0.1) is 5.56 Å². The van der Waals surface area contributed by atoms with E-state index in [9.17, 15) is 4.79 Å². The molecule has 0 radical (unpaired) electrons. The summed E-state index contributed by atoms with van der Waals surface area (Å²) in [6.07, 6.45) is 0. The summed E-state index contributed by atoms with van der Waals surface area (Å²) in [4.78, 5) is 11.7. The number of benzene rings is 1. The Morgan fingerprint density at radius 2 is 2.25 bits per heavy atom. The van der Waals surface area contributed by atoms with Gasteiger partial charge in [-0.3, -0.25) is 10.2 Å². The first-order valence-electron chi connectivity index (χ1n) is 3.45. The van der Waals surface area contributed by atoms with Crippen LogP contribution >= 0.6 is 12.6 Å². The minimum absolute atomic E-state index is 0.319. The lowest BCUT2D eigenvalue weighted by Crippen LogP contribution is -2.30. The number of hydrogen-bond acceptors (Lipinski definition) is 3. The average molecular weight is 182 g/mol. The molecule has 0 aliphatic carbocycles. The Bertz CT molecular complexity index is 312. The van der Waals surface area contributed by atoms with E-state index in [-0.39, 0.29) is 5.91 Å². The highest BCUT2D eigenvalue weighted by Gasteiger charge is 2.06. The van der Waals surface area contributed by atoms with Crippen molar-refractivity contribution in [2.75, 3.05) is 0 Å². The molecule has 3 nitrogen and oxygen atoms in total. The van der Waals surface area contributed by atoms with Gasteiger partial charge >= 0.3 is 0 Å². The molecule has 3 N–H and O–H groups in total. The van der Waals surface area contributed by atoms with Crippen LogP contribution in [-0.2, 0) is 0 Å². The number of hydrogen-bond donors (Lipinski definition) is 3. The Balaban J connectivity index is 3.09. The van der Waals surface area contributed by atoms with E-state index < -0.39 is 0 Å². The largest absolute Gasteiger partial charge is 0.290 e. The van der Waals surface area contributed by atoms with E-state index in [2.05, 4.69) is 18.1 Å². The highest BCUT2D eigenvalue weighted by molar-refractivity contribution is 7.80. The molecule has 1 aromatic carbocycles. The van der Waals surface area contributed by atoms with Gasteiger partial charge in [-0.1, -0.05) is 6.07 Å². The second-order valence-corrected chi connectivity index (χ2v) is 2.98. The third-order valence-corrected chi connectivity index (χ3v) is 1.90. The molecular formula is C8H10N2OS. The summed E-state index contributed by atoms with van der Waals surface area (Å²) in [5.74, 6) is 4.66. The first-order chi connectivity index (χ1) is 5.65. The van der Waals surface area contributed by atoms with E-state index in [0.717, 1.165) is 5.56 Å². The zero-order valence-electron chi connectivity index (χ0n) is 6.66. The van der Waals surface area contributed by atoms with Gasteiger partial charge in [0.15, 0.2) is 0 Å². The molecule has 1 amide bonds. The molecular weight excluding hydrogens is 172 g/mol. The highest BCUT2D eigenvalue weighted by Crippen LogP contribution is 2.14. The molecule has 64 valence electrons. The van der Waals surface area contributed by atoms with Gasteiger partial charge in [-0.15, -0.1) is 12.6 Å². The minimum atomic E-state index is -0.319. The topological polar surface area (TPSA) is 55.1 Å². The molecule has 0 atom stereocenters. The molecule has 0 aliphatic rings. The zero-order chi connectivity index (χ0) is 9.14. The van der Waals surface area contributed by atoms with Crippen LogP contribution in [0.25, 0.3) is 0 Å². The van der Waals surface area contributed by atoms with E-state index >= 15 is 0 Å². The molecule has 1 aromatic rings. The van der Waals surface area contributed by atoms with E-state index in [0.29, 0.717) is 10.5 Å². The second-order valence-electron chi connectivity index (χ2n) is 2.49. The smallest absolute Gasteiger partial charge is 0.266 e. The van der Waals surface area contributed by atoms with Crippen molar-refractivity contribution in [2.45, 2.75) is 11.8 Å². The normalized spacial score (nSPS) is 9.58. The van der Waals surface area contributed by atoms with Crippen LogP contribution in [0.4, 0.5) is 0 Å². The van der Waals surface area contributed by atoms with Crippen molar-refractivity contribution in [2.24, 2.45) is 5.84 Å². The van der Waals surface area contributed by atoms with Crippen molar-refractivity contribution >= 4 is 18.5 Å². The SMILES string of the molecule is Cc1ccc(C(=O)NN)c(S)c1. The van der Waals surface area contributed by atoms with Gasteiger partial charge in [0.2, 0.25) is 0 Å². The number of carbonyl (C=O) groups excluding carboxylic acids is 1. The third kappa shape index (κ3) is 1.78. The van der Waals surface area contributed by atoms with Crippen molar-refractivity contribution in [3.8, 4) is 0 Å². The summed E-state index contributed by atoms with van der Waals surface area (Å²) in [7, 11) is 0. The van der Waals surface area contributed by atoms with Crippen molar-refractivity contribution in [1.29, 1.82) is 0 Å². The fraction of sp³-hybridized carbons (Fsp3) is 0.125. The van der Waals surface area contributed by atoms with Crippen LogP contribution in [0.1, 0.15) is 15.9 Å². The molecule has 0 aromatic heterocycles. The van der Waals surface area contributed by atoms with Crippen LogP contribution in [0, 0.1) is 6.92 Å². The second kappa shape index (κ2) is 3.60. The number of thiol groups is 1. The number of rotatable bonds is 1.